The number of aromatic nitrogens is 5. The van der Waals surface area contributed by atoms with E-state index in [4.69, 9.17) is 9.47 Å². The summed E-state index contributed by atoms with van der Waals surface area (Å²) >= 11 is 0. The number of nitrogens with one attached hydrogen (secondary N) is 2. The normalized spacial score (nSPS) is 18.2. The number of nitrogens with zero attached hydrogens (tertiary/aromatic N) is 6. The molecule has 266 valence electrons. The molecule has 6 rings (SSSR count). The molecule has 3 aromatic heterocycles. The second kappa shape index (κ2) is 15.6. The third-order valence-electron chi connectivity index (χ3n) is 9.74. The summed E-state index contributed by atoms with van der Waals surface area (Å²) in [4.78, 5) is 38.1. The Morgan fingerprint density at radius 2 is 1.76 bits per heavy atom. The van der Waals surface area contributed by atoms with Crippen molar-refractivity contribution in [3.63, 3.8) is 0 Å². The van der Waals surface area contributed by atoms with E-state index in [-0.39, 0.29) is 35.2 Å². The number of hydrogen-bond donors (Lipinski definition) is 2. The highest BCUT2D eigenvalue weighted by atomic mass is 16.5. The monoisotopic (exact) mass is 682 g/mol. The molecule has 2 N–H and O–H groups in total. The predicted molar refractivity (Wildman–Crippen MR) is 192 cm³/mol. The number of rotatable bonds is 12. The van der Waals surface area contributed by atoms with Crippen LogP contribution in [0.5, 0.6) is 5.75 Å². The predicted octanol–water partition coefficient (Wildman–Crippen LogP) is 6.79. The number of pyridine rings is 1. The topological polar surface area (TPSA) is 136 Å². The lowest BCUT2D eigenvalue weighted by Gasteiger charge is -2.32. The molecule has 12 heteroatoms. The number of anilines is 1. The average molecular weight is 683 g/mol. The van der Waals surface area contributed by atoms with Crippen LogP contribution in [0.4, 0.5) is 10.6 Å². The number of Topliss-reactive ketones (excluding diaryl/α,β-unsaturated/α-hetero) is 1. The van der Waals surface area contributed by atoms with Gasteiger partial charge in [-0.15, -0.1) is 10.2 Å². The van der Waals surface area contributed by atoms with Crippen LogP contribution in [-0.4, -0.2) is 74.1 Å². The maximum Gasteiger partial charge on any atom is 0.320 e. The van der Waals surface area contributed by atoms with Gasteiger partial charge in [0, 0.05) is 36.9 Å². The van der Waals surface area contributed by atoms with Crippen molar-refractivity contribution >= 4 is 23.3 Å². The van der Waals surface area contributed by atoms with Gasteiger partial charge < -0.3 is 14.8 Å². The Morgan fingerprint density at radius 1 is 1.00 bits per heavy atom. The highest BCUT2D eigenvalue weighted by Crippen LogP contribution is 2.39. The number of carbonyl (C=O) groups excluding carboxylic acids is 2. The lowest BCUT2D eigenvalue weighted by molar-refractivity contribution is 0.0371. The van der Waals surface area contributed by atoms with Gasteiger partial charge in [-0.3, -0.25) is 19.4 Å². The zero-order valence-corrected chi connectivity index (χ0v) is 29.9. The van der Waals surface area contributed by atoms with Crippen LogP contribution in [0.15, 0.2) is 48.7 Å². The molecule has 1 aliphatic carbocycles. The number of benzene rings is 1. The fourth-order valence-corrected chi connectivity index (χ4v) is 6.81. The van der Waals surface area contributed by atoms with E-state index in [2.05, 4.69) is 55.6 Å². The third kappa shape index (κ3) is 8.30. The van der Waals surface area contributed by atoms with Crippen molar-refractivity contribution in [1.29, 1.82) is 0 Å². The van der Waals surface area contributed by atoms with Crippen LogP contribution in [0.2, 0.25) is 0 Å². The van der Waals surface area contributed by atoms with Gasteiger partial charge in [0.05, 0.1) is 31.1 Å². The number of ketones is 1. The highest BCUT2D eigenvalue weighted by Gasteiger charge is 2.30. The first-order chi connectivity index (χ1) is 24.1. The number of urea groups is 1. The molecule has 0 saturated carbocycles. The van der Waals surface area contributed by atoms with Crippen molar-refractivity contribution in [1.82, 2.24) is 34.8 Å². The van der Waals surface area contributed by atoms with Crippen molar-refractivity contribution < 1.29 is 19.1 Å². The van der Waals surface area contributed by atoms with Gasteiger partial charge in [-0.1, -0.05) is 58.9 Å². The van der Waals surface area contributed by atoms with E-state index in [1.54, 1.807) is 6.07 Å². The molecule has 4 heterocycles. The first-order valence-electron chi connectivity index (χ1n) is 18.0. The Kier molecular flexibility index (Phi) is 11.1. The maximum atomic E-state index is 13.5. The minimum absolute atomic E-state index is 0.129. The minimum Gasteiger partial charge on any atom is -0.484 e. The number of carbonyl (C=O) groups is 2. The van der Waals surface area contributed by atoms with Crippen LogP contribution in [-0.2, 0) is 10.2 Å². The van der Waals surface area contributed by atoms with Gasteiger partial charge in [0.1, 0.15) is 23.5 Å². The molecular weight excluding hydrogens is 632 g/mol. The van der Waals surface area contributed by atoms with Crippen LogP contribution in [0, 0.1) is 0 Å². The molecule has 4 aromatic rings. The molecule has 50 heavy (non-hydrogen) atoms. The van der Waals surface area contributed by atoms with Gasteiger partial charge >= 0.3 is 6.03 Å². The molecule has 0 radical (unpaired) electrons. The zero-order valence-electron chi connectivity index (χ0n) is 29.9. The van der Waals surface area contributed by atoms with Gasteiger partial charge in [-0.05, 0) is 61.9 Å². The second-order valence-corrected chi connectivity index (χ2v) is 14.3. The largest absolute Gasteiger partial charge is 0.484 e. The van der Waals surface area contributed by atoms with Crippen LogP contribution in [0.3, 0.4) is 0 Å². The summed E-state index contributed by atoms with van der Waals surface area (Å²) in [5.41, 5.74) is 3.20. The number of fused-ring (bicyclic) bond motifs is 2. The van der Waals surface area contributed by atoms with E-state index >= 15 is 0 Å². The molecule has 0 unspecified atom stereocenters. The van der Waals surface area contributed by atoms with Crippen molar-refractivity contribution in [2.75, 3.05) is 38.2 Å². The number of ether oxygens (including phenoxy) is 2. The standard InChI is InChI=1S/C38H50N8O4/c1-6-25(7-2)36-44-43-34-17-14-26(24-46(34)36)50-31-16-15-29(27-11-8-9-12-28(27)31)39-37(48)42-33-23-32(38(3,4)5)40-35(41-33)30(47)13-10-18-45-19-21-49-22-20-45/h8-9,11-12,14,17,23-25,29,31H,6-7,10,13,15-16,18-22H2,1-5H3,(H2,39,40,41,42,48)/t29-,31+/m0/s1. The second-order valence-electron chi connectivity index (χ2n) is 14.3. The van der Waals surface area contributed by atoms with Crippen molar-refractivity contribution in [3.8, 4) is 5.75 Å². The van der Waals surface area contributed by atoms with Gasteiger partial charge in [0.25, 0.3) is 0 Å². The fraction of sp³-hybridized carbons (Fsp3) is 0.526. The Balaban J connectivity index is 1.13. The molecule has 2 atom stereocenters. The highest BCUT2D eigenvalue weighted by molar-refractivity contribution is 5.94. The minimum atomic E-state index is -0.388. The average Bonchev–Trinajstić information content (AvgIpc) is 3.53. The Morgan fingerprint density at radius 3 is 2.50 bits per heavy atom. The zero-order chi connectivity index (χ0) is 35.3. The van der Waals surface area contributed by atoms with Gasteiger partial charge in [0.2, 0.25) is 0 Å². The van der Waals surface area contributed by atoms with E-state index in [0.717, 1.165) is 74.0 Å². The lowest BCUT2D eigenvalue weighted by atomic mass is 9.85. The van der Waals surface area contributed by atoms with E-state index in [1.807, 2.05) is 61.7 Å². The molecule has 0 bridgehead atoms. The quantitative estimate of drug-likeness (QED) is 0.155. The molecule has 1 fully saturated rings. The summed E-state index contributed by atoms with van der Waals surface area (Å²) in [6, 6.07) is 13.1. The summed E-state index contributed by atoms with van der Waals surface area (Å²) < 4.78 is 14.1. The maximum absolute atomic E-state index is 13.5. The van der Waals surface area contributed by atoms with Crippen molar-refractivity contribution in [2.24, 2.45) is 0 Å². The van der Waals surface area contributed by atoms with Crippen LogP contribution in [0.1, 0.15) is 124 Å². The van der Waals surface area contributed by atoms with Crippen LogP contribution in [0.25, 0.3) is 5.65 Å². The van der Waals surface area contributed by atoms with E-state index < -0.39 is 0 Å². The molecule has 1 saturated heterocycles. The van der Waals surface area contributed by atoms with E-state index in [1.165, 1.54) is 0 Å². The van der Waals surface area contributed by atoms with Gasteiger partial charge in [-0.25, -0.2) is 14.8 Å². The molecular formula is C38H50N8O4. The molecule has 1 aliphatic heterocycles. The summed E-state index contributed by atoms with van der Waals surface area (Å²) in [7, 11) is 0. The summed E-state index contributed by atoms with van der Waals surface area (Å²) in [5.74, 6) is 2.34. The molecule has 0 spiro atoms. The summed E-state index contributed by atoms with van der Waals surface area (Å²) in [6.45, 7) is 14.5. The first-order valence-corrected chi connectivity index (χ1v) is 18.0. The van der Waals surface area contributed by atoms with E-state index in [0.29, 0.717) is 43.1 Å². The number of hydrogen-bond acceptors (Lipinski definition) is 9. The van der Waals surface area contributed by atoms with Gasteiger partial charge in [0.15, 0.2) is 17.3 Å². The van der Waals surface area contributed by atoms with Crippen molar-refractivity contribution in [2.45, 2.75) is 96.6 Å². The van der Waals surface area contributed by atoms with E-state index in [9.17, 15) is 9.59 Å². The first kappa shape index (κ1) is 35.4. The number of amides is 2. The Hall–Kier alpha value is -4.42. The summed E-state index contributed by atoms with van der Waals surface area (Å²) in [6.07, 6.45) is 6.25. The molecule has 2 amide bonds. The summed E-state index contributed by atoms with van der Waals surface area (Å²) in [5, 5.41) is 14.9. The van der Waals surface area contributed by atoms with Crippen LogP contribution < -0.4 is 15.4 Å². The third-order valence-corrected chi connectivity index (χ3v) is 9.74. The smallest absolute Gasteiger partial charge is 0.320 e. The Labute approximate surface area is 294 Å². The Bertz CT molecular complexity index is 1790. The molecule has 12 nitrogen and oxygen atoms in total. The van der Waals surface area contributed by atoms with Crippen LogP contribution >= 0.6 is 0 Å². The number of morpholine rings is 1. The lowest BCUT2D eigenvalue weighted by Crippen LogP contribution is -2.37. The van der Waals surface area contributed by atoms with Crippen molar-refractivity contribution in [3.05, 3.63) is 77.1 Å². The molecule has 1 aromatic carbocycles. The van der Waals surface area contributed by atoms with Gasteiger partial charge in [-0.2, -0.15) is 0 Å². The SMILES string of the molecule is CCC(CC)c1nnc2ccc(O[C@@H]3CC[C@H](NC(=O)Nc4cc(C(C)(C)C)nc(C(=O)CCCN5CCOCC5)n4)c4ccccc43)cn12. The molecule has 2 aliphatic rings. The fourth-order valence-electron chi connectivity index (χ4n) is 6.81.